The van der Waals surface area contributed by atoms with Gasteiger partial charge in [0.05, 0.1) is 4.90 Å². The van der Waals surface area contributed by atoms with Crippen molar-refractivity contribution in [3.05, 3.63) is 65.2 Å². The number of benzene rings is 2. The number of thiocarbonyl (C=S) groups is 1. The fourth-order valence-electron chi connectivity index (χ4n) is 2.98. The Morgan fingerprint density at radius 2 is 1.68 bits per heavy atom. The number of nitrogens with zero attached hydrogens (tertiary/aromatic N) is 1. The molecule has 1 N–H and O–H groups in total. The van der Waals surface area contributed by atoms with E-state index in [0.29, 0.717) is 10.6 Å². The molecule has 0 bridgehead atoms. The molecule has 1 aliphatic carbocycles. The van der Waals surface area contributed by atoms with Crippen molar-refractivity contribution in [2.45, 2.75) is 43.1 Å². The Balaban J connectivity index is 1.85. The van der Waals surface area contributed by atoms with Crippen LogP contribution in [-0.4, -0.2) is 25.5 Å². The third-order valence-electron chi connectivity index (χ3n) is 4.42. The summed E-state index contributed by atoms with van der Waals surface area (Å²) in [7, 11) is -3.95. The topological polar surface area (TPSA) is 67.8 Å². The van der Waals surface area contributed by atoms with Crippen LogP contribution >= 0.6 is 23.8 Å². The molecule has 0 atom stereocenters. The second-order valence-corrected chi connectivity index (χ2v) is 8.94. The lowest BCUT2D eigenvalue weighted by molar-refractivity contribution is 0.143. The van der Waals surface area contributed by atoms with E-state index in [-0.39, 0.29) is 22.0 Å². The number of rotatable bonds is 4. The molecule has 5 nitrogen and oxygen atoms in total. The van der Waals surface area contributed by atoms with Crippen LogP contribution in [0, 0.1) is 0 Å². The Bertz CT molecular complexity index is 939. The largest absolute Gasteiger partial charge is 0.467 e. The molecule has 1 aliphatic rings. The van der Waals surface area contributed by atoms with E-state index in [1.807, 2.05) is 6.07 Å². The SMILES string of the molecule is O=S(=O)(/N=C(/NC(=S)OC1CCCCC1)c1ccccc1)c1ccc(Cl)cc1. The van der Waals surface area contributed by atoms with Crippen LogP contribution in [-0.2, 0) is 14.8 Å². The van der Waals surface area contributed by atoms with E-state index in [1.54, 1.807) is 24.3 Å². The molecule has 0 saturated heterocycles. The molecule has 0 radical (unpaired) electrons. The molecule has 2 aromatic rings. The molecule has 0 aliphatic heterocycles. The fraction of sp³-hybridized carbons (Fsp3) is 0.300. The minimum atomic E-state index is -3.95. The molecule has 0 spiro atoms. The summed E-state index contributed by atoms with van der Waals surface area (Å²) < 4.78 is 35.3. The second kappa shape index (κ2) is 9.49. The van der Waals surface area contributed by atoms with Gasteiger partial charge in [0.2, 0.25) is 0 Å². The summed E-state index contributed by atoms with van der Waals surface area (Å²) in [5, 5.41) is 3.45. The average molecular weight is 437 g/mol. The van der Waals surface area contributed by atoms with Gasteiger partial charge in [-0.2, -0.15) is 8.42 Å². The first-order chi connectivity index (χ1) is 13.4. The first-order valence-electron chi connectivity index (χ1n) is 9.08. The van der Waals surface area contributed by atoms with E-state index >= 15 is 0 Å². The Morgan fingerprint density at radius 1 is 1.04 bits per heavy atom. The maximum atomic E-state index is 12.7. The molecule has 148 valence electrons. The van der Waals surface area contributed by atoms with E-state index < -0.39 is 10.0 Å². The first kappa shape index (κ1) is 20.8. The maximum Gasteiger partial charge on any atom is 0.284 e. The molecular formula is C20H21ClN2O3S2. The molecule has 0 aromatic heterocycles. The number of ether oxygens (including phenoxy) is 1. The minimum Gasteiger partial charge on any atom is -0.467 e. The van der Waals surface area contributed by atoms with Gasteiger partial charge in [0.25, 0.3) is 15.2 Å². The highest BCUT2D eigenvalue weighted by molar-refractivity contribution is 7.90. The zero-order valence-corrected chi connectivity index (χ0v) is 17.6. The third-order valence-corrected chi connectivity index (χ3v) is 6.16. The Kier molecular flexibility index (Phi) is 7.04. The van der Waals surface area contributed by atoms with Crippen LogP contribution in [0.2, 0.25) is 5.02 Å². The van der Waals surface area contributed by atoms with Gasteiger partial charge in [-0.25, -0.2) is 0 Å². The molecule has 8 heteroatoms. The van der Waals surface area contributed by atoms with Crippen molar-refractivity contribution in [2.24, 2.45) is 4.40 Å². The monoisotopic (exact) mass is 436 g/mol. The summed E-state index contributed by atoms with van der Waals surface area (Å²) in [6, 6.07) is 14.8. The van der Waals surface area contributed by atoms with Gasteiger partial charge in [0.15, 0.2) is 5.84 Å². The summed E-state index contributed by atoms with van der Waals surface area (Å²) >= 11 is 11.2. The zero-order chi connectivity index (χ0) is 20.0. The number of amidine groups is 1. The summed E-state index contributed by atoms with van der Waals surface area (Å²) in [4.78, 5) is 0.0475. The van der Waals surface area contributed by atoms with Gasteiger partial charge in [-0.1, -0.05) is 48.4 Å². The minimum absolute atomic E-state index is 0.0475. The van der Waals surface area contributed by atoms with E-state index in [9.17, 15) is 8.42 Å². The average Bonchev–Trinajstić information content (AvgIpc) is 2.69. The lowest BCUT2D eigenvalue weighted by atomic mass is 9.98. The number of nitrogens with one attached hydrogen (secondary N) is 1. The van der Waals surface area contributed by atoms with Crippen molar-refractivity contribution in [1.29, 1.82) is 0 Å². The fourth-order valence-corrected chi connectivity index (χ4v) is 4.32. The quantitative estimate of drug-likeness (QED) is 0.427. The Morgan fingerprint density at radius 3 is 2.32 bits per heavy atom. The van der Waals surface area contributed by atoms with Gasteiger partial charge in [0.1, 0.15) is 6.10 Å². The Hall–Kier alpha value is -1.96. The van der Waals surface area contributed by atoms with E-state index in [4.69, 9.17) is 28.6 Å². The van der Waals surface area contributed by atoms with Crippen molar-refractivity contribution in [3.63, 3.8) is 0 Å². The van der Waals surface area contributed by atoms with Crippen molar-refractivity contribution in [2.75, 3.05) is 0 Å². The third kappa shape index (κ3) is 5.77. The highest BCUT2D eigenvalue weighted by atomic mass is 35.5. The molecular weight excluding hydrogens is 416 g/mol. The van der Waals surface area contributed by atoms with Crippen LogP contribution in [0.5, 0.6) is 0 Å². The van der Waals surface area contributed by atoms with Crippen LogP contribution in [0.4, 0.5) is 0 Å². The van der Waals surface area contributed by atoms with Crippen LogP contribution in [0.1, 0.15) is 37.7 Å². The predicted octanol–water partition coefficient (Wildman–Crippen LogP) is 4.70. The number of halogens is 1. The van der Waals surface area contributed by atoms with E-state index in [2.05, 4.69) is 9.71 Å². The second-order valence-electron chi connectivity index (χ2n) is 6.53. The van der Waals surface area contributed by atoms with Crippen LogP contribution in [0.3, 0.4) is 0 Å². The zero-order valence-electron chi connectivity index (χ0n) is 15.2. The summed E-state index contributed by atoms with van der Waals surface area (Å²) in [5.74, 6) is 0.122. The molecule has 1 fully saturated rings. The molecule has 0 amide bonds. The van der Waals surface area contributed by atoms with Crippen LogP contribution < -0.4 is 5.32 Å². The molecule has 2 aromatic carbocycles. The standard InChI is InChI=1S/C20H21ClN2O3S2/c21-16-11-13-18(14-12-16)28(24,25)23-19(15-7-3-1-4-8-15)22-20(27)26-17-9-5-2-6-10-17/h1,3-4,7-8,11-14,17H,2,5-6,9-10H2,(H,22,23,27). The van der Waals surface area contributed by atoms with Gasteiger partial charge in [0, 0.05) is 10.6 Å². The molecule has 28 heavy (non-hydrogen) atoms. The summed E-state index contributed by atoms with van der Waals surface area (Å²) in [5.41, 5.74) is 0.592. The highest BCUT2D eigenvalue weighted by Gasteiger charge is 2.19. The summed E-state index contributed by atoms with van der Waals surface area (Å²) in [6.07, 6.45) is 5.37. The van der Waals surface area contributed by atoms with Crippen molar-refractivity contribution in [3.8, 4) is 0 Å². The lowest BCUT2D eigenvalue weighted by Gasteiger charge is -2.23. The Labute approximate surface area is 175 Å². The van der Waals surface area contributed by atoms with Crippen molar-refractivity contribution >= 4 is 44.9 Å². The smallest absolute Gasteiger partial charge is 0.284 e. The molecule has 1 saturated carbocycles. The maximum absolute atomic E-state index is 12.7. The number of hydrogen-bond donors (Lipinski definition) is 1. The first-order valence-corrected chi connectivity index (χ1v) is 11.3. The van der Waals surface area contributed by atoms with Gasteiger partial charge < -0.3 is 10.1 Å². The molecule has 0 heterocycles. The molecule has 3 rings (SSSR count). The summed E-state index contributed by atoms with van der Waals surface area (Å²) in [6.45, 7) is 0. The van der Waals surface area contributed by atoms with Gasteiger partial charge in [-0.05, 0) is 62.2 Å². The normalized spacial score (nSPS) is 15.8. The van der Waals surface area contributed by atoms with Gasteiger partial charge >= 0.3 is 0 Å². The van der Waals surface area contributed by atoms with Gasteiger partial charge in [-0.15, -0.1) is 4.40 Å². The van der Waals surface area contributed by atoms with E-state index in [0.717, 1.165) is 25.7 Å². The highest BCUT2D eigenvalue weighted by Crippen LogP contribution is 2.21. The van der Waals surface area contributed by atoms with Crippen molar-refractivity contribution in [1.82, 2.24) is 5.32 Å². The number of hydrogen-bond acceptors (Lipinski definition) is 4. The van der Waals surface area contributed by atoms with E-state index in [1.165, 1.54) is 30.7 Å². The van der Waals surface area contributed by atoms with Crippen LogP contribution in [0.25, 0.3) is 0 Å². The van der Waals surface area contributed by atoms with Crippen molar-refractivity contribution < 1.29 is 13.2 Å². The van der Waals surface area contributed by atoms with Crippen LogP contribution in [0.15, 0.2) is 63.9 Å². The molecule has 0 unspecified atom stereocenters. The lowest BCUT2D eigenvalue weighted by Crippen LogP contribution is -2.35. The van der Waals surface area contributed by atoms with Gasteiger partial charge in [-0.3, -0.25) is 0 Å². The number of sulfonamides is 1. The predicted molar refractivity (Wildman–Crippen MR) is 115 cm³/mol.